The number of alkyl halides is 1. The Kier molecular flexibility index (Phi) is 4.81. The smallest absolute Gasteiger partial charge is 0.257 e. The summed E-state index contributed by atoms with van der Waals surface area (Å²) in [6, 6.07) is 4.25. The number of hydrogen-bond donors (Lipinski definition) is 0. The van der Waals surface area contributed by atoms with Gasteiger partial charge >= 0.3 is 0 Å². The maximum atomic E-state index is 13.8. The molecule has 0 radical (unpaired) electrons. The number of amides is 1. The summed E-state index contributed by atoms with van der Waals surface area (Å²) in [4.78, 5) is 14.0. The van der Waals surface area contributed by atoms with Crippen molar-refractivity contribution in [1.82, 2.24) is 4.90 Å². The number of benzene rings is 1. The van der Waals surface area contributed by atoms with E-state index in [2.05, 4.69) is 15.9 Å². The zero-order valence-electron chi connectivity index (χ0n) is 10.4. The van der Waals surface area contributed by atoms with E-state index in [9.17, 15) is 9.18 Å². The Morgan fingerprint density at radius 1 is 1.63 bits per heavy atom. The van der Waals surface area contributed by atoms with Crippen LogP contribution < -0.4 is 0 Å². The second kappa shape index (κ2) is 6.20. The van der Waals surface area contributed by atoms with Gasteiger partial charge in [0.15, 0.2) is 0 Å². The minimum absolute atomic E-state index is 0.0662. The first kappa shape index (κ1) is 14.8. The standard InChI is InChI=1S/C13H14BrClFNO2/c1-8-7-19-10(5-15)6-17(8)13(18)11-4-9(14)2-3-12(11)16/h2-4,8,10H,5-7H2,1H3. The molecular formula is C13H14BrClFNO2. The van der Waals surface area contributed by atoms with Gasteiger partial charge in [-0.2, -0.15) is 0 Å². The van der Waals surface area contributed by atoms with E-state index in [1.807, 2.05) is 6.92 Å². The highest BCUT2D eigenvalue weighted by Crippen LogP contribution is 2.21. The number of carbonyl (C=O) groups is 1. The molecule has 6 heteroatoms. The molecular weight excluding hydrogens is 337 g/mol. The van der Waals surface area contributed by atoms with Crippen LogP contribution >= 0.6 is 27.5 Å². The number of carbonyl (C=O) groups excluding carboxylic acids is 1. The molecule has 0 aliphatic carbocycles. The van der Waals surface area contributed by atoms with Crippen molar-refractivity contribution in [2.45, 2.75) is 19.1 Å². The maximum absolute atomic E-state index is 13.8. The van der Waals surface area contributed by atoms with Gasteiger partial charge in [0.1, 0.15) is 5.82 Å². The lowest BCUT2D eigenvalue weighted by molar-refractivity contribution is -0.0373. The second-order valence-corrected chi connectivity index (χ2v) is 5.76. The normalized spacial score (nSPS) is 23.5. The largest absolute Gasteiger partial charge is 0.373 e. The Labute approximate surface area is 124 Å². The van der Waals surface area contributed by atoms with E-state index in [1.165, 1.54) is 12.1 Å². The molecule has 1 aliphatic heterocycles. The van der Waals surface area contributed by atoms with E-state index in [4.69, 9.17) is 16.3 Å². The van der Waals surface area contributed by atoms with Crippen molar-refractivity contribution in [3.05, 3.63) is 34.1 Å². The predicted molar refractivity (Wildman–Crippen MR) is 75.1 cm³/mol. The van der Waals surface area contributed by atoms with E-state index in [0.717, 1.165) is 0 Å². The van der Waals surface area contributed by atoms with E-state index >= 15 is 0 Å². The zero-order valence-corrected chi connectivity index (χ0v) is 12.7. The van der Waals surface area contributed by atoms with Gasteiger partial charge in [-0.15, -0.1) is 11.6 Å². The van der Waals surface area contributed by atoms with E-state index in [1.54, 1.807) is 11.0 Å². The first-order chi connectivity index (χ1) is 9.02. The molecule has 0 bridgehead atoms. The summed E-state index contributed by atoms with van der Waals surface area (Å²) in [5, 5.41) is 0. The van der Waals surface area contributed by atoms with Crippen LogP contribution in [-0.4, -0.2) is 42.0 Å². The summed E-state index contributed by atoms with van der Waals surface area (Å²) in [7, 11) is 0. The van der Waals surface area contributed by atoms with E-state index < -0.39 is 5.82 Å². The van der Waals surface area contributed by atoms with E-state index in [0.29, 0.717) is 23.5 Å². The van der Waals surface area contributed by atoms with Crippen molar-refractivity contribution >= 4 is 33.4 Å². The van der Waals surface area contributed by atoms with Gasteiger partial charge < -0.3 is 9.64 Å². The Balaban J connectivity index is 2.24. The van der Waals surface area contributed by atoms with Gasteiger partial charge in [0.2, 0.25) is 0 Å². The zero-order chi connectivity index (χ0) is 14.0. The Morgan fingerprint density at radius 3 is 3.05 bits per heavy atom. The second-order valence-electron chi connectivity index (χ2n) is 4.54. The molecule has 0 N–H and O–H groups in total. The Bertz CT molecular complexity index is 486. The van der Waals surface area contributed by atoms with Gasteiger partial charge in [-0.1, -0.05) is 15.9 Å². The minimum Gasteiger partial charge on any atom is -0.373 e. The molecule has 104 valence electrons. The van der Waals surface area contributed by atoms with Gasteiger partial charge in [-0.25, -0.2) is 4.39 Å². The van der Waals surface area contributed by atoms with Crippen LogP contribution in [-0.2, 0) is 4.74 Å². The van der Waals surface area contributed by atoms with E-state index in [-0.39, 0.29) is 23.6 Å². The molecule has 0 spiro atoms. The summed E-state index contributed by atoms with van der Waals surface area (Å²) < 4.78 is 19.9. The number of halogens is 3. The molecule has 1 amide bonds. The van der Waals surface area contributed by atoms with Crippen molar-refractivity contribution in [2.75, 3.05) is 19.0 Å². The molecule has 1 aromatic carbocycles. The summed E-state index contributed by atoms with van der Waals surface area (Å²) in [5.41, 5.74) is 0.0662. The van der Waals surface area contributed by atoms with Crippen LogP contribution in [0.15, 0.2) is 22.7 Å². The summed E-state index contributed by atoms with van der Waals surface area (Å²) in [6.45, 7) is 2.67. The topological polar surface area (TPSA) is 29.5 Å². The number of morpholine rings is 1. The monoisotopic (exact) mass is 349 g/mol. The molecule has 3 nitrogen and oxygen atoms in total. The summed E-state index contributed by atoms with van der Waals surface area (Å²) in [5.74, 6) is -0.531. The average molecular weight is 351 g/mol. The number of hydrogen-bond acceptors (Lipinski definition) is 2. The first-order valence-corrected chi connectivity index (χ1v) is 7.29. The molecule has 0 aromatic heterocycles. The number of nitrogens with zero attached hydrogens (tertiary/aromatic N) is 1. The maximum Gasteiger partial charge on any atom is 0.257 e. The predicted octanol–water partition coefficient (Wildman–Crippen LogP) is 3.06. The molecule has 0 saturated carbocycles. The Hall–Kier alpha value is -0.650. The number of ether oxygens (including phenoxy) is 1. The molecule has 2 rings (SSSR count). The molecule has 2 unspecified atom stereocenters. The van der Waals surface area contributed by atoms with Crippen LogP contribution in [0, 0.1) is 5.82 Å². The average Bonchev–Trinajstić information content (AvgIpc) is 2.41. The fourth-order valence-electron chi connectivity index (χ4n) is 2.01. The molecule has 1 heterocycles. The van der Waals surface area contributed by atoms with Crippen LogP contribution in [0.3, 0.4) is 0 Å². The van der Waals surface area contributed by atoms with Gasteiger partial charge in [-0.05, 0) is 25.1 Å². The van der Waals surface area contributed by atoms with Crippen molar-refractivity contribution in [1.29, 1.82) is 0 Å². The highest BCUT2D eigenvalue weighted by atomic mass is 79.9. The summed E-state index contributed by atoms with van der Waals surface area (Å²) >= 11 is 9.00. The van der Waals surface area contributed by atoms with Gasteiger partial charge in [0.05, 0.1) is 30.2 Å². The van der Waals surface area contributed by atoms with Gasteiger partial charge in [0, 0.05) is 11.0 Å². The molecule has 19 heavy (non-hydrogen) atoms. The van der Waals surface area contributed by atoms with Crippen molar-refractivity contribution in [3.8, 4) is 0 Å². The first-order valence-electron chi connectivity index (χ1n) is 5.96. The fraction of sp³-hybridized carbons (Fsp3) is 0.462. The molecule has 1 aliphatic rings. The molecule has 1 saturated heterocycles. The SMILES string of the molecule is CC1COC(CCl)CN1C(=O)c1cc(Br)ccc1F. The van der Waals surface area contributed by atoms with Crippen molar-refractivity contribution in [3.63, 3.8) is 0 Å². The lowest BCUT2D eigenvalue weighted by atomic mass is 10.1. The van der Waals surface area contributed by atoms with Crippen LogP contribution in [0.4, 0.5) is 4.39 Å². The number of rotatable bonds is 2. The highest BCUT2D eigenvalue weighted by molar-refractivity contribution is 9.10. The van der Waals surface area contributed by atoms with Crippen LogP contribution in [0.25, 0.3) is 0 Å². The van der Waals surface area contributed by atoms with Crippen molar-refractivity contribution < 1.29 is 13.9 Å². The van der Waals surface area contributed by atoms with Gasteiger partial charge in [0.25, 0.3) is 5.91 Å². The lowest BCUT2D eigenvalue weighted by Gasteiger charge is -2.37. The van der Waals surface area contributed by atoms with Crippen molar-refractivity contribution in [2.24, 2.45) is 0 Å². The fourth-order valence-corrected chi connectivity index (χ4v) is 2.56. The molecule has 1 aromatic rings. The minimum atomic E-state index is -0.519. The molecule has 2 atom stereocenters. The summed E-state index contributed by atoms with van der Waals surface area (Å²) in [6.07, 6.45) is -0.197. The van der Waals surface area contributed by atoms with Crippen LogP contribution in [0.5, 0.6) is 0 Å². The third-order valence-corrected chi connectivity index (χ3v) is 3.93. The van der Waals surface area contributed by atoms with Crippen LogP contribution in [0.2, 0.25) is 0 Å². The Morgan fingerprint density at radius 2 is 2.37 bits per heavy atom. The quantitative estimate of drug-likeness (QED) is 0.767. The highest BCUT2D eigenvalue weighted by Gasteiger charge is 2.31. The third kappa shape index (κ3) is 3.27. The molecule has 1 fully saturated rings. The van der Waals surface area contributed by atoms with Crippen LogP contribution in [0.1, 0.15) is 17.3 Å². The third-order valence-electron chi connectivity index (χ3n) is 3.10. The lowest BCUT2D eigenvalue weighted by Crippen LogP contribution is -2.51. The van der Waals surface area contributed by atoms with Gasteiger partial charge in [-0.3, -0.25) is 4.79 Å².